The van der Waals surface area contributed by atoms with Gasteiger partial charge in [0.15, 0.2) is 5.11 Å². The van der Waals surface area contributed by atoms with Gasteiger partial charge >= 0.3 is 5.97 Å². The summed E-state index contributed by atoms with van der Waals surface area (Å²) in [6, 6.07) is 8.92. The molecule has 1 N–H and O–H groups in total. The lowest BCUT2D eigenvalue weighted by Gasteiger charge is -2.27. The summed E-state index contributed by atoms with van der Waals surface area (Å²) in [6.45, 7) is 6.00. The Labute approximate surface area is 173 Å². The van der Waals surface area contributed by atoms with Crippen molar-refractivity contribution >= 4 is 41.2 Å². The highest BCUT2D eigenvalue weighted by molar-refractivity contribution is 7.80. The number of esters is 1. The van der Waals surface area contributed by atoms with Crippen LogP contribution in [-0.2, 0) is 14.3 Å². The van der Waals surface area contributed by atoms with Crippen LogP contribution in [0, 0.1) is 13.8 Å². The average Bonchev–Trinajstić information content (AvgIpc) is 2.98. The second-order valence-electron chi connectivity index (χ2n) is 6.57. The number of aryl methyl sites for hydroxylation is 1. The van der Waals surface area contributed by atoms with Crippen LogP contribution in [-0.4, -0.2) is 46.0 Å². The number of carbonyl (C=O) groups excluding carboxylic acids is 3. The highest BCUT2D eigenvalue weighted by atomic mass is 32.1. The van der Waals surface area contributed by atoms with Gasteiger partial charge in [0, 0.05) is 23.6 Å². The average molecular weight is 411 g/mol. The van der Waals surface area contributed by atoms with Gasteiger partial charge in [-0.1, -0.05) is 0 Å². The molecule has 1 aromatic carbocycles. The molecule has 1 aromatic heterocycles. The van der Waals surface area contributed by atoms with Crippen molar-refractivity contribution in [2.75, 3.05) is 13.7 Å². The quantitative estimate of drug-likeness (QED) is 0.362. The van der Waals surface area contributed by atoms with Gasteiger partial charge in [-0.05, 0) is 75.0 Å². The number of benzene rings is 1. The molecule has 150 valence electrons. The Kier molecular flexibility index (Phi) is 5.65. The summed E-state index contributed by atoms with van der Waals surface area (Å²) >= 11 is 5.06. The second kappa shape index (κ2) is 8.00. The molecular formula is C21H21N3O4S. The van der Waals surface area contributed by atoms with E-state index in [1.165, 1.54) is 12.0 Å². The second-order valence-corrected chi connectivity index (χ2v) is 6.95. The Balaban J connectivity index is 2.00. The zero-order valence-electron chi connectivity index (χ0n) is 16.6. The first-order valence-electron chi connectivity index (χ1n) is 9.05. The number of nitrogens with one attached hydrogen (secondary N) is 1. The fourth-order valence-electron chi connectivity index (χ4n) is 3.33. The molecule has 0 unspecified atom stereocenters. The highest BCUT2D eigenvalue weighted by Crippen LogP contribution is 2.24. The lowest BCUT2D eigenvalue weighted by Crippen LogP contribution is -2.53. The number of hydrogen-bond donors (Lipinski definition) is 1. The van der Waals surface area contributed by atoms with Gasteiger partial charge in [-0.3, -0.25) is 19.8 Å². The van der Waals surface area contributed by atoms with E-state index in [0.29, 0.717) is 12.1 Å². The van der Waals surface area contributed by atoms with Crippen LogP contribution in [0.1, 0.15) is 34.2 Å². The van der Waals surface area contributed by atoms with Crippen molar-refractivity contribution in [2.45, 2.75) is 20.8 Å². The molecule has 2 aromatic rings. The van der Waals surface area contributed by atoms with Crippen LogP contribution in [0.4, 0.5) is 0 Å². The smallest absolute Gasteiger partial charge is 0.337 e. The Hall–Kier alpha value is -3.26. The third-order valence-corrected chi connectivity index (χ3v) is 5.14. The molecule has 8 heteroatoms. The van der Waals surface area contributed by atoms with Gasteiger partial charge < -0.3 is 9.30 Å². The molecule has 1 aliphatic heterocycles. The minimum atomic E-state index is -0.503. The van der Waals surface area contributed by atoms with Crippen LogP contribution in [0.15, 0.2) is 35.9 Å². The zero-order valence-corrected chi connectivity index (χ0v) is 17.4. The van der Waals surface area contributed by atoms with Gasteiger partial charge in [-0.15, -0.1) is 0 Å². The molecule has 3 rings (SSSR count). The molecule has 1 saturated heterocycles. The van der Waals surface area contributed by atoms with E-state index in [-0.39, 0.29) is 10.7 Å². The fraction of sp³-hybridized carbons (Fsp3) is 0.238. The first-order valence-corrected chi connectivity index (χ1v) is 9.45. The molecule has 0 atom stereocenters. The molecule has 2 heterocycles. The van der Waals surface area contributed by atoms with E-state index in [0.717, 1.165) is 22.6 Å². The Morgan fingerprint density at radius 2 is 1.86 bits per heavy atom. The van der Waals surface area contributed by atoms with E-state index in [4.69, 9.17) is 17.0 Å². The van der Waals surface area contributed by atoms with Crippen molar-refractivity contribution < 1.29 is 19.1 Å². The summed E-state index contributed by atoms with van der Waals surface area (Å²) in [5.41, 5.74) is 3.89. The molecule has 0 bridgehead atoms. The van der Waals surface area contributed by atoms with E-state index < -0.39 is 17.8 Å². The third-order valence-electron chi connectivity index (χ3n) is 4.82. The van der Waals surface area contributed by atoms with Gasteiger partial charge in [0.05, 0.1) is 12.7 Å². The fourth-order valence-corrected chi connectivity index (χ4v) is 3.64. The standard InChI is InChI=1S/C21H21N3O4S/c1-5-23-19(26)17(18(25)22-21(23)29)11-15-10-12(2)24(13(15)3)16-8-6-14(7-9-16)20(27)28-4/h6-11H,5H2,1-4H3,(H,22,25,29). The number of carbonyl (C=O) groups is 3. The van der Waals surface area contributed by atoms with Gasteiger partial charge in [-0.25, -0.2) is 4.79 Å². The molecule has 0 saturated carbocycles. The lowest BCUT2D eigenvalue weighted by atomic mass is 10.1. The first-order chi connectivity index (χ1) is 13.8. The number of methoxy groups -OCH3 is 1. The summed E-state index contributed by atoms with van der Waals surface area (Å²) in [7, 11) is 1.34. The largest absolute Gasteiger partial charge is 0.465 e. The number of aromatic nitrogens is 1. The molecule has 0 radical (unpaired) electrons. The molecule has 0 spiro atoms. The highest BCUT2D eigenvalue weighted by Gasteiger charge is 2.32. The molecule has 29 heavy (non-hydrogen) atoms. The Morgan fingerprint density at radius 1 is 1.21 bits per heavy atom. The minimum Gasteiger partial charge on any atom is -0.465 e. The van der Waals surface area contributed by atoms with Crippen molar-refractivity contribution in [2.24, 2.45) is 0 Å². The van der Waals surface area contributed by atoms with Gasteiger partial charge in [0.25, 0.3) is 11.8 Å². The number of ether oxygens (including phenoxy) is 1. The van der Waals surface area contributed by atoms with E-state index in [2.05, 4.69) is 5.32 Å². The predicted octanol–water partition coefficient (Wildman–Crippen LogP) is 2.53. The number of nitrogens with zero attached hydrogens (tertiary/aromatic N) is 2. The molecular weight excluding hydrogens is 390 g/mol. The zero-order chi connectivity index (χ0) is 21.3. The molecule has 1 fully saturated rings. The van der Waals surface area contributed by atoms with Crippen LogP contribution in [0.5, 0.6) is 0 Å². The van der Waals surface area contributed by atoms with E-state index in [1.807, 2.05) is 36.6 Å². The van der Waals surface area contributed by atoms with Gasteiger partial charge in [0.1, 0.15) is 5.57 Å². The Bertz CT molecular complexity index is 1050. The van der Waals surface area contributed by atoms with E-state index in [1.54, 1.807) is 25.1 Å². The SMILES string of the molecule is CCN1C(=O)C(=Cc2cc(C)n(-c3ccc(C(=O)OC)cc3)c2C)C(=O)NC1=S. The van der Waals surface area contributed by atoms with Crippen LogP contribution in [0.2, 0.25) is 0 Å². The summed E-state index contributed by atoms with van der Waals surface area (Å²) in [6.07, 6.45) is 1.59. The maximum atomic E-state index is 12.6. The van der Waals surface area contributed by atoms with Crippen LogP contribution < -0.4 is 5.32 Å². The number of hydrogen-bond acceptors (Lipinski definition) is 5. The molecule has 7 nitrogen and oxygen atoms in total. The lowest BCUT2D eigenvalue weighted by molar-refractivity contribution is -0.128. The summed E-state index contributed by atoms with van der Waals surface area (Å²) < 4.78 is 6.71. The van der Waals surface area contributed by atoms with Crippen LogP contribution >= 0.6 is 12.2 Å². The van der Waals surface area contributed by atoms with Gasteiger partial charge in [-0.2, -0.15) is 0 Å². The topological polar surface area (TPSA) is 80.6 Å². The number of rotatable bonds is 4. The number of thiocarbonyl (C=S) groups is 1. The van der Waals surface area contributed by atoms with Gasteiger partial charge in [0.2, 0.25) is 0 Å². The van der Waals surface area contributed by atoms with Crippen LogP contribution in [0.25, 0.3) is 11.8 Å². The predicted molar refractivity (Wildman–Crippen MR) is 113 cm³/mol. The molecule has 0 aliphatic carbocycles. The van der Waals surface area contributed by atoms with Crippen molar-refractivity contribution in [3.8, 4) is 5.69 Å². The van der Waals surface area contributed by atoms with E-state index >= 15 is 0 Å². The minimum absolute atomic E-state index is 0.0433. The summed E-state index contributed by atoms with van der Waals surface area (Å²) in [5, 5.41) is 2.68. The maximum Gasteiger partial charge on any atom is 0.337 e. The van der Waals surface area contributed by atoms with Crippen molar-refractivity contribution in [1.82, 2.24) is 14.8 Å². The monoisotopic (exact) mass is 411 g/mol. The van der Waals surface area contributed by atoms with Crippen molar-refractivity contribution in [3.05, 3.63) is 58.4 Å². The summed E-state index contributed by atoms with van der Waals surface area (Å²) in [5.74, 6) is -1.31. The first kappa shape index (κ1) is 20.5. The summed E-state index contributed by atoms with van der Waals surface area (Å²) in [4.78, 5) is 38.0. The Morgan fingerprint density at radius 3 is 2.45 bits per heavy atom. The normalized spacial score (nSPS) is 15.7. The van der Waals surface area contributed by atoms with E-state index in [9.17, 15) is 14.4 Å². The number of likely N-dealkylation sites (N-methyl/N-ethyl adjacent to an activating group) is 1. The molecule has 1 aliphatic rings. The van der Waals surface area contributed by atoms with Crippen molar-refractivity contribution in [3.63, 3.8) is 0 Å². The maximum absolute atomic E-state index is 12.6. The van der Waals surface area contributed by atoms with Crippen molar-refractivity contribution in [1.29, 1.82) is 0 Å². The van der Waals surface area contributed by atoms with Crippen LogP contribution in [0.3, 0.4) is 0 Å². The third kappa shape index (κ3) is 3.71. The number of amides is 2. The molecule has 2 amide bonds.